The molecule has 92 valence electrons. The summed E-state index contributed by atoms with van der Waals surface area (Å²) < 4.78 is 13.3. The molecular weight excluding hydrogens is 235 g/mol. The fourth-order valence-corrected chi connectivity index (χ4v) is 1.53. The van der Waals surface area contributed by atoms with Gasteiger partial charge < -0.3 is 10.3 Å². The largest absolute Gasteiger partial charge is 0.348 e. The Morgan fingerprint density at radius 1 is 1.28 bits per heavy atom. The highest BCUT2D eigenvalue weighted by atomic mass is 19.1. The van der Waals surface area contributed by atoms with Gasteiger partial charge in [0.1, 0.15) is 11.5 Å². The summed E-state index contributed by atoms with van der Waals surface area (Å²) in [5.74, 6) is -0.746. The molecule has 0 bridgehead atoms. The van der Waals surface area contributed by atoms with Crippen molar-refractivity contribution in [2.75, 3.05) is 0 Å². The number of amides is 1. The van der Waals surface area contributed by atoms with E-state index in [-0.39, 0.29) is 24.0 Å². The molecule has 0 spiro atoms. The highest BCUT2D eigenvalue weighted by Crippen LogP contribution is 2.06. The molecule has 0 fully saturated rings. The Hall–Kier alpha value is -2.43. The van der Waals surface area contributed by atoms with Crippen LogP contribution in [0.25, 0.3) is 0 Å². The molecule has 1 amide bonds. The zero-order valence-electron chi connectivity index (χ0n) is 9.44. The van der Waals surface area contributed by atoms with Crippen LogP contribution in [0.15, 0.2) is 36.4 Å². The Labute approximate surface area is 103 Å². The van der Waals surface area contributed by atoms with Gasteiger partial charge in [-0.25, -0.2) is 4.39 Å². The molecule has 2 aromatic rings. The van der Waals surface area contributed by atoms with Gasteiger partial charge >= 0.3 is 0 Å². The van der Waals surface area contributed by atoms with Crippen molar-refractivity contribution < 1.29 is 14.0 Å². The molecule has 5 heteroatoms. The quantitative estimate of drug-likeness (QED) is 0.809. The number of hydrogen-bond donors (Lipinski definition) is 2. The molecular formula is C13H11FN2O2. The summed E-state index contributed by atoms with van der Waals surface area (Å²) in [5.41, 5.74) is 1.01. The number of rotatable bonds is 4. The van der Waals surface area contributed by atoms with Crippen molar-refractivity contribution in [2.45, 2.75) is 6.54 Å². The van der Waals surface area contributed by atoms with E-state index in [9.17, 15) is 14.0 Å². The van der Waals surface area contributed by atoms with Gasteiger partial charge in [-0.05, 0) is 18.2 Å². The summed E-state index contributed by atoms with van der Waals surface area (Å²) >= 11 is 0. The first-order valence-electron chi connectivity index (χ1n) is 5.36. The predicted molar refractivity (Wildman–Crippen MR) is 63.8 cm³/mol. The summed E-state index contributed by atoms with van der Waals surface area (Å²) in [6.07, 6.45) is 0.619. The zero-order chi connectivity index (χ0) is 13.0. The van der Waals surface area contributed by atoms with Crippen LogP contribution in [-0.4, -0.2) is 17.2 Å². The highest BCUT2D eigenvalue weighted by molar-refractivity contribution is 5.93. The van der Waals surface area contributed by atoms with Gasteiger partial charge in [0.05, 0.1) is 5.69 Å². The zero-order valence-corrected chi connectivity index (χ0v) is 9.44. The van der Waals surface area contributed by atoms with E-state index in [2.05, 4.69) is 10.3 Å². The number of aromatic nitrogens is 1. The summed E-state index contributed by atoms with van der Waals surface area (Å²) in [5, 5.41) is 2.57. The Morgan fingerprint density at radius 2 is 2.06 bits per heavy atom. The van der Waals surface area contributed by atoms with E-state index >= 15 is 0 Å². The second kappa shape index (κ2) is 5.27. The predicted octanol–water partition coefficient (Wildman–Crippen LogP) is 1.90. The third kappa shape index (κ3) is 2.63. The topological polar surface area (TPSA) is 62.0 Å². The van der Waals surface area contributed by atoms with Crippen molar-refractivity contribution in [3.8, 4) is 0 Å². The number of hydrogen-bond acceptors (Lipinski definition) is 2. The molecule has 0 radical (unpaired) electrons. The average Bonchev–Trinajstić information content (AvgIpc) is 2.86. The molecule has 2 rings (SSSR count). The van der Waals surface area contributed by atoms with Crippen LogP contribution in [0.4, 0.5) is 4.39 Å². The molecule has 0 atom stereocenters. The lowest BCUT2D eigenvalue weighted by Crippen LogP contribution is -2.23. The molecule has 4 nitrogen and oxygen atoms in total. The third-order valence-corrected chi connectivity index (χ3v) is 2.48. The van der Waals surface area contributed by atoms with Crippen LogP contribution >= 0.6 is 0 Å². The van der Waals surface area contributed by atoms with Crippen LogP contribution in [-0.2, 0) is 6.54 Å². The van der Waals surface area contributed by atoms with Crippen LogP contribution in [0, 0.1) is 5.82 Å². The minimum atomic E-state index is -0.383. The number of H-pyrrole nitrogens is 1. The lowest BCUT2D eigenvalue weighted by molar-refractivity contribution is 0.0946. The van der Waals surface area contributed by atoms with E-state index in [0.717, 1.165) is 0 Å². The van der Waals surface area contributed by atoms with Crippen molar-refractivity contribution in [2.24, 2.45) is 0 Å². The summed E-state index contributed by atoms with van der Waals surface area (Å²) in [6.45, 7) is 0.0982. The van der Waals surface area contributed by atoms with Gasteiger partial charge in [-0.3, -0.25) is 9.59 Å². The van der Waals surface area contributed by atoms with Crippen molar-refractivity contribution in [1.29, 1.82) is 0 Å². The second-order valence-electron chi connectivity index (χ2n) is 3.72. The van der Waals surface area contributed by atoms with Gasteiger partial charge in [0, 0.05) is 12.1 Å². The molecule has 0 aliphatic rings. The van der Waals surface area contributed by atoms with Crippen LogP contribution in [0.3, 0.4) is 0 Å². The number of nitrogens with one attached hydrogen (secondary N) is 2. The SMILES string of the molecule is O=Cc1ccc(C(=O)NCc2ccccc2F)[nH]1. The number of benzene rings is 1. The van der Waals surface area contributed by atoms with Crippen LogP contribution in [0.1, 0.15) is 26.5 Å². The first-order valence-corrected chi connectivity index (χ1v) is 5.36. The average molecular weight is 246 g/mol. The van der Waals surface area contributed by atoms with Gasteiger partial charge in [-0.1, -0.05) is 18.2 Å². The molecule has 0 saturated carbocycles. The summed E-state index contributed by atoms with van der Waals surface area (Å²) in [6, 6.07) is 9.22. The number of aromatic amines is 1. The Bertz CT molecular complexity index is 578. The molecule has 1 aromatic heterocycles. The monoisotopic (exact) mass is 246 g/mol. The smallest absolute Gasteiger partial charge is 0.267 e. The van der Waals surface area contributed by atoms with Gasteiger partial charge in [-0.15, -0.1) is 0 Å². The van der Waals surface area contributed by atoms with E-state index in [0.29, 0.717) is 17.5 Å². The van der Waals surface area contributed by atoms with Gasteiger partial charge in [0.15, 0.2) is 6.29 Å². The summed E-state index contributed by atoms with van der Waals surface area (Å²) in [4.78, 5) is 24.8. The molecule has 0 unspecified atom stereocenters. The molecule has 0 saturated heterocycles. The van der Waals surface area contributed by atoms with E-state index in [1.165, 1.54) is 18.2 Å². The van der Waals surface area contributed by atoms with Crippen molar-refractivity contribution in [3.63, 3.8) is 0 Å². The molecule has 0 aliphatic carbocycles. The summed E-state index contributed by atoms with van der Waals surface area (Å²) in [7, 11) is 0. The standard InChI is InChI=1S/C13H11FN2O2/c14-11-4-2-1-3-9(11)7-15-13(18)12-6-5-10(8-17)16-12/h1-6,8,16H,7H2,(H,15,18). The number of carbonyl (C=O) groups excluding carboxylic acids is 2. The number of aldehydes is 1. The Kier molecular flexibility index (Phi) is 3.52. The number of halogens is 1. The fourth-order valence-electron chi connectivity index (χ4n) is 1.53. The Balaban J connectivity index is 2.00. The number of carbonyl (C=O) groups is 2. The molecule has 1 aromatic carbocycles. The van der Waals surface area contributed by atoms with Crippen LogP contribution in [0.2, 0.25) is 0 Å². The highest BCUT2D eigenvalue weighted by Gasteiger charge is 2.08. The van der Waals surface area contributed by atoms with E-state index < -0.39 is 0 Å². The van der Waals surface area contributed by atoms with E-state index in [1.807, 2.05) is 0 Å². The normalized spacial score (nSPS) is 10.1. The van der Waals surface area contributed by atoms with Crippen molar-refractivity contribution >= 4 is 12.2 Å². The van der Waals surface area contributed by atoms with Gasteiger partial charge in [0.2, 0.25) is 0 Å². The maximum Gasteiger partial charge on any atom is 0.267 e. The lowest BCUT2D eigenvalue weighted by atomic mass is 10.2. The minimum Gasteiger partial charge on any atom is -0.348 e. The lowest BCUT2D eigenvalue weighted by Gasteiger charge is -2.04. The second-order valence-corrected chi connectivity index (χ2v) is 3.72. The molecule has 18 heavy (non-hydrogen) atoms. The molecule has 1 heterocycles. The minimum absolute atomic E-state index is 0.0982. The molecule has 0 aliphatic heterocycles. The maximum atomic E-state index is 13.3. The van der Waals surface area contributed by atoms with Crippen molar-refractivity contribution in [3.05, 3.63) is 59.2 Å². The molecule has 2 N–H and O–H groups in total. The van der Waals surface area contributed by atoms with Crippen molar-refractivity contribution in [1.82, 2.24) is 10.3 Å². The van der Waals surface area contributed by atoms with Crippen LogP contribution in [0.5, 0.6) is 0 Å². The van der Waals surface area contributed by atoms with Crippen LogP contribution < -0.4 is 5.32 Å². The maximum absolute atomic E-state index is 13.3. The van der Waals surface area contributed by atoms with E-state index in [1.54, 1.807) is 18.2 Å². The third-order valence-electron chi connectivity index (χ3n) is 2.48. The first-order chi connectivity index (χ1) is 8.70. The van der Waals surface area contributed by atoms with E-state index in [4.69, 9.17) is 0 Å². The fraction of sp³-hybridized carbons (Fsp3) is 0.0769. The first kappa shape index (κ1) is 12.0. The van der Waals surface area contributed by atoms with Gasteiger partial charge in [0.25, 0.3) is 5.91 Å². The Morgan fingerprint density at radius 3 is 2.72 bits per heavy atom. The van der Waals surface area contributed by atoms with Gasteiger partial charge in [-0.2, -0.15) is 0 Å².